The lowest BCUT2D eigenvalue weighted by atomic mass is 10.2. The second-order valence-electron chi connectivity index (χ2n) is 7.80. The summed E-state index contributed by atoms with van der Waals surface area (Å²) >= 11 is 3.56. The third-order valence-corrected chi connectivity index (χ3v) is 6.79. The molecule has 3 N–H and O–H groups in total. The Hall–Kier alpha value is -3.21. The third-order valence-electron chi connectivity index (χ3n) is 5.98. The second-order valence-corrected chi connectivity index (χ2v) is 8.59. The molecule has 2 unspecified atom stereocenters. The average Bonchev–Trinajstić information content (AvgIpc) is 3.14. The van der Waals surface area contributed by atoms with E-state index < -0.39 is 17.8 Å². The molecule has 31 heavy (non-hydrogen) atoms. The number of aromatic amines is 1. The van der Waals surface area contributed by atoms with Crippen LogP contribution < -0.4 is 5.32 Å². The van der Waals surface area contributed by atoms with E-state index in [2.05, 4.69) is 41.2 Å². The number of aromatic nitrogens is 4. The number of aryl methyl sites for hydroxylation is 1. The van der Waals surface area contributed by atoms with Crippen molar-refractivity contribution in [3.63, 3.8) is 0 Å². The van der Waals surface area contributed by atoms with E-state index in [9.17, 15) is 14.7 Å². The molecule has 3 atom stereocenters. The van der Waals surface area contributed by atoms with Gasteiger partial charge in [0.15, 0.2) is 0 Å². The zero-order valence-corrected chi connectivity index (χ0v) is 18.2. The van der Waals surface area contributed by atoms with E-state index in [1.54, 1.807) is 23.8 Å². The molecule has 1 amide bonds. The molecule has 11 heteroatoms. The van der Waals surface area contributed by atoms with Crippen molar-refractivity contribution >= 4 is 50.5 Å². The molecule has 1 fully saturated rings. The van der Waals surface area contributed by atoms with Crippen molar-refractivity contribution in [3.8, 4) is 0 Å². The van der Waals surface area contributed by atoms with Gasteiger partial charge in [0.1, 0.15) is 5.52 Å². The van der Waals surface area contributed by atoms with E-state index in [0.29, 0.717) is 25.5 Å². The Kier molecular flexibility index (Phi) is 4.77. The smallest absolute Gasteiger partial charge is 0.307 e. The summed E-state index contributed by atoms with van der Waals surface area (Å²) in [7, 11) is 1.86. The molecule has 0 radical (unpaired) electrons. The van der Waals surface area contributed by atoms with Gasteiger partial charge >= 0.3 is 5.97 Å². The minimum Gasteiger partial charge on any atom is -0.481 e. The lowest BCUT2D eigenvalue weighted by Crippen LogP contribution is -2.40. The Morgan fingerprint density at radius 2 is 2.19 bits per heavy atom. The van der Waals surface area contributed by atoms with Crippen molar-refractivity contribution in [2.45, 2.75) is 6.42 Å². The Balaban J connectivity index is 1.34. The van der Waals surface area contributed by atoms with Gasteiger partial charge in [0.25, 0.3) is 0 Å². The number of carboxylic acid groups (broad SMARTS) is 1. The summed E-state index contributed by atoms with van der Waals surface area (Å²) < 4.78 is 2.61. The van der Waals surface area contributed by atoms with Crippen LogP contribution >= 0.6 is 15.9 Å². The van der Waals surface area contributed by atoms with Gasteiger partial charge < -0.3 is 20.0 Å². The molecule has 2 aliphatic rings. The molecule has 2 aromatic heterocycles. The van der Waals surface area contributed by atoms with Crippen molar-refractivity contribution < 1.29 is 14.7 Å². The number of carboxylic acids is 1. The molecule has 3 aromatic rings. The molecular formula is C20H20BrN7O3. The van der Waals surface area contributed by atoms with Gasteiger partial charge in [0.2, 0.25) is 11.9 Å². The molecule has 160 valence electrons. The summed E-state index contributed by atoms with van der Waals surface area (Å²) in [6.07, 6.45) is 5.50. The lowest BCUT2D eigenvalue weighted by molar-refractivity contribution is -0.141. The number of hydrogen-bond acceptors (Lipinski definition) is 6. The average molecular weight is 486 g/mol. The zero-order valence-electron chi connectivity index (χ0n) is 16.6. The van der Waals surface area contributed by atoms with Gasteiger partial charge in [-0.2, -0.15) is 0 Å². The molecule has 0 bridgehead atoms. The number of amides is 1. The van der Waals surface area contributed by atoms with E-state index in [4.69, 9.17) is 0 Å². The molecule has 1 aromatic carbocycles. The maximum absolute atomic E-state index is 13.3. The van der Waals surface area contributed by atoms with Crippen molar-refractivity contribution in [2.75, 3.05) is 18.4 Å². The summed E-state index contributed by atoms with van der Waals surface area (Å²) in [5, 5.41) is 12.9. The SMILES string of the molecule is Cn1cncc1CC1C(C(=O)N2CCN=C2Nc2ccc3[nH]cnc3c2Br)[C@H]1C(=O)O. The number of benzene rings is 1. The van der Waals surface area contributed by atoms with Gasteiger partial charge in [-0.05, 0) is 40.4 Å². The first-order valence-electron chi connectivity index (χ1n) is 9.88. The number of nitrogens with zero attached hydrogens (tertiary/aromatic N) is 5. The first kappa shape index (κ1) is 19.7. The molecule has 10 nitrogen and oxygen atoms in total. The number of aliphatic imine (C=N–C) groups is 1. The monoisotopic (exact) mass is 485 g/mol. The summed E-state index contributed by atoms with van der Waals surface area (Å²) in [5.74, 6) is -2.25. The highest BCUT2D eigenvalue weighted by molar-refractivity contribution is 9.10. The quantitative estimate of drug-likeness (QED) is 0.505. The topological polar surface area (TPSA) is 128 Å². The van der Waals surface area contributed by atoms with E-state index >= 15 is 0 Å². The number of anilines is 1. The van der Waals surface area contributed by atoms with Gasteiger partial charge in [0, 0.05) is 25.5 Å². The fourth-order valence-corrected chi connectivity index (χ4v) is 4.81. The number of guanidine groups is 1. The minimum atomic E-state index is -0.942. The van der Waals surface area contributed by atoms with Crippen LogP contribution in [0.4, 0.5) is 5.69 Å². The summed E-state index contributed by atoms with van der Waals surface area (Å²) in [5.41, 5.74) is 3.30. The first-order valence-corrected chi connectivity index (χ1v) is 10.7. The highest BCUT2D eigenvalue weighted by Crippen LogP contribution is 2.49. The Labute approximate surface area is 185 Å². The fourth-order valence-electron chi connectivity index (χ4n) is 4.26. The van der Waals surface area contributed by atoms with E-state index in [0.717, 1.165) is 26.9 Å². The summed E-state index contributed by atoms with van der Waals surface area (Å²) in [6.45, 7) is 0.887. The van der Waals surface area contributed by atoms with Gasteiger partial charge in [-0.25, -0.2) is 9.97 Å². The molecule has 0 spiro atoms. The first-order chi connectivity index (χ1) is 15.0. The second kappa shape index (κ2) is 7.49. The van der Waals surface area contributed by atoms with Gasteiger partial charge in [-0.3, -0.25) is 19.5 Å². The van der Waals surface area contributed by atoms with Crippen LogP contribution in [0.25, 0.3) is 11.0 Å². The van der Waals surface area contributed by atoms with E-state index in [1.807, 2.05) is 23.7 Å². The van der Waals surface area contributed by atoms with Crippen molar-refractivity contribution in [3.05, 3.63) is 41.2 Å². The Morgan fingerprint density at radius 3 is 2.94 bits per heavy atom. The van der Waals surface area contributed by atoms with Crippen molar-refractivity contribution in [1.82, 2.24) is 24.4 Å². The number of imidazole rings is 2. The molecule has 1 aliphatic heterocycles. The largest absolute Gasteiger partial charge is 0.481 e. The van der Waals surface area contributed by atoms with Crippen LogP contribution in [-0.2, 0) is 23.1 Å². The number of rotatable bonds is 5. The van der Waals surface area contributed by atoms with E-state index in [-0.39, 0.29) is 11.8 Å². The van der Waals surface area contributed by atoms with Crippen LogP contribution in [0.3, 0.4) is 0 Å². The van der Waals surface area contributed by atoms with Gasteiger partial charge in [-0.15, -0.1) is 0 Å². The summed E-state index contributed by atoms with van der Waals surface area (Å²) in [4.78, 5) is 42.5. The van der Waals surface area contributed by atoms with Crippen molar-refractivity contribution in [1.29, 1.82) is 0 Å². The molecule has 1 aliphatic carbocycles. The van der Waals surface area contributed by atoms with Crippen LogP contribution in [0.5, 0.6) is 0 Å². The number of halogens is 1. The molecule has 5 rings (SSSR count). The predicted octanol–water partition coefficient (Wildman–Crippen LogP) is 1.86. The predicted molar refractivity (Wildman–Crippen MR) is 116 cm³/mol. The third kappa shape index (κ3) is 3.38. The minimum absolute atomic E-state index is 0.208. The van der Waals surface area contributed by atoms with Gasteiger partial charge in [0.05, 0.1) is 46.7 Å². The summed E-state index contributed by atoms with van der Waals surface area (Å²) in [6, 6.07) is 3.76. The maximum atomic E-state index is 13.3. The Bertz CT molecular complexity index is 1220. The molecule has 3 heterocycles. The highest BCUT2D eigenvalue weighted by atomic mass is 79.9. The number of H-pyrrole nitrogens is 1. The number of hydrogen-bond donors (Lipinski definition) is 3. The van der Waals surface area contributed by atoms with Crippen LogP contribution in [0.15, 0.2) is 40.4 Å². The number of nitrogens with one attached hydrogen (secondary N) is 2. The fraction of sp³-hybridized carbons (Fsp3) is 0.350. The number of fused-ring (bicyclic) bond motifs is 1. The van der Waals surface area contributed by atoms with Crippen LogP contribution in [0.2, 0.25) is 0 Å². The highest BCUT2D eigenvalue weighted by Gasteiger charge is 2.60. The number of carbonyl (C=O) groups is 2. The van der Waals surface area contributed by atoms with E-state index in [1.165, 1.54) is 0 Å². The van der Waals surface area contributed by atoms with Crippen LogP contribution in [0, 0.1) is 17.8 Å². The van der Waals surface area contributed by atoms with Crippen LogP contribution in [-0.4, -0.2) is 60.5 Å². The molecule has 0 saturated heterocycles. The lowest BCUT2D eigenvalue weighted by Gasteiger charge is -2.20. The molecular weight excluding hydrogens is 466 g/mol. The molecule has 1 saturated carbocycles. The number of carbonyl (C=O) groups excluding carboxylic acids is 1. The van der Waals surface area contributed by atoms with Crippen molar-refractivity contribution in [2.24, 2.45) is 29.8 Å². The normalized spacial score (nSPS) is 22.6. The standard InChI is InChI=1S/C20H20BrN7O3/c1-27-9-22-7-10(27)6-11-14(15(11)19(30)31)18(29)28-5-4-23-20(28)26-12-2-3-13-17(16(12)21)25-8-24-13/h2-3,7-9,11,14-15H,4-6H2,1H3,(H,23,26)(H,24,25)(H,30,31)/t11?,14?,15-/m0/s1. The Morgan fingerprint density at radius 1 is 1.35 bits per heavy atom. The van der Waals surface area contributed by atoms with Gasteiger partial charge in [-0.1, -0.05) is 0 Å². The zero-order chi connectivity index (χ0) is 21.7. The number of aliphatic carboxylic acids is 1. The van der Waals surface area contributed by atoms with Crippen LogP contribution in [0.1, 0.15) is 5.69 Å². The maximum Gasteiger partial charge on any atom is 0.307 e.